The van der Waals surface area contributed by atoms with E-state index >= 15 is 0 Å². The number of hydrogen-bond donors (Lipinski definition) is 1. The van der Waals surface area contributed by atoms with Crippen molar-refractivity contribution in [1.82, 2.24) is 9.80 Å². The van der Waals surface area contributed by atoms with E-state index in [4.69, 9.17) is 5.11 Å². The van der Waals surface area contributed by atoms with E-state index in [9.17, 15) is 9.59 Å². The van der Waals surface area contributed by atoms with E-state index in [1.807, 2.05) is 4.90 Å². The number of carbonyl (C=O) groups excluding carboxylic acids is 1. The van der Waals surface area contributed by atoms with Gasteiger partial charge in [0.05, 0.1) is 6.54 Å². The molecular formula is C10H18N2O3. The lowest BCUT2D eigenvalue weighted by atomic mass is 10.1. The summed E-state index contributed by atoms with van der Waals surface area (Å²) in [5.41, 5.74) is 0. The Balaban J connectivity index is 2.29. The van der Waals surface area contributed by atoms with E-state index in [0.29, 0.717) is 5.92 Å². The van der Waals surface area contributed by atoms with E-state index in [2.05, 4.69) is 0 Å². The first kappa shape index (κ1) is 12.0. The molecule has 0 aromatic carbocycles. The second kappa shape index (κ2) is 5.11. The topological polar surface area (TPSA) is 60.9 Å². The zero-order chi connectivity index (χ0) is 11.4. The molecule has 1 aliphatic rings. The normalized spacial score (nSPS) is 21.0. The van der Waals surface area contributed by atoms with Gasteiger partial charge in [-0.25, -0.2) is 0 Å². The first-order valence-electron chi connectivity index (χ1n) is 5.15. The number of amides is 1. The molecule has 0 aliphatic carbocycles. The quantitative estimate of drug-likeness (QED) is 0.708. The molecule has 1 heterocycles. The molecule has 5 heteroatoms. The summed E-state index contributed by atoms with van der Waals surface area (Å²) in [6, 6.07) is 0. The van der Waals surface area contributed by atoms with Crippen molar-refractivity contribution < 1.29 is 14.7 Å². The summed E-state index contributed by atoms with van der Waals surface area (Å²) in [5.74, 6) is -0.282. The number of likely N-dealkylation sites (N-methyl/N-ethyl adjacent to an activating group) is 1. The van der Waals surface area contributed by atoms with Gasteiger partial charge in [0, 0.05) is 26.6 Å². The van der Waals surface area contributed by atoms with Crippen molar-refractivity contribution in [3.63, 3.8) is 0 Å². The predicted octanol–water partition coefficient (Wildman–Crippen LogP) is -0.129. The summed E-state index contributed by atoms with van der Waals surface area (Å²) in [5, 5.41) is 8.59. The largest absolute Gasteiger partial charge is 0.480 e. The molecule has 15 heavy (non-hydrogen) atoms. The fourth-order valence-corrected chi connectivity index (χ4v) is 2.00. The molecule has 0 spiro atoms. The number of carbonyl (C=O) groups is 2. The summed E-state index contributed by atoms with van der Waals surface area (Å²) in [7, 11) is 1.80. The number of nitrogens with zero attached hydrogens (tertiary/aromatic N) is 2. The molecule has 0 radical (unpaired) electrons. The van der Waals surface area contributed by atoms with Gasteiger partial charge in [0.2, 0.25) is 5.91 Å². The minimum Gasteiger partial charge on any atom is -0.480 e. The third-order valence-corrected chi connectivity index (χ3v) is 2.71. The van der Waals surface area contributed by atoms with Crippen LogP contribution in [0.2, 0.25) is 0 Å². The average molecular weight is 214 g/mol. The summed E-state index contributed by atoms with van der Waals surface area (Å²) in [6.07, 6.45) is 0.976. The summed E-state index contributed by atoms with van der Waals surface area (Å²) >= 11 is 0. The molecular weight excluding hydrogens is 196 g/mol. The molecule has 1 rings (SSSR count). The minimum atomic E-state index is -0.807. The lowest BCUT2D eigenvalue weighted by Crippen LogP contribution is -2.33. The van der Waals surface area contributed by atoms with Crippen LogP contribution < -0.4 is 0 Å². The van der Waals surface area contributed by atoms with Crippen LogP contribution in [-0.2, 0) is 9.59 Å². The standard InChI is InChI=1S/C10H18N2O3/c1-8(13)12-4-3-9(6-12)5-11(2)7-10(14)15/h9H,3-7H2,1-2H3,(H,14,15)/t9-/m0/s1. The number of carboxylic acids is 1. The molecule has 1 amide bonds. The first-order valence-corrected chi connectivity index (χ1v) is 5.15. The zero-order valence-corrected chi connectivity index (χ0v) is 9.27. The zero-order valence-electron chi connectivity index (χ0n) is 9.27. The van der Waals surface area contributed by atoms with Gasteiger partial charge >= 0.3 is 5.97 Å². The molecule has 1 fully saturated rings. The van der Waals surface area contributed by atoms with Crippen LogP contribution in [0.4, 0.5) is 0 Å². The van der Waals surface area contributed by atoms with Crippen molar-refractivity contribution in [2.24, 2.45) is 5.92 Å². The molecule has 0 aromatic heterocycles. The van der Waals surface area contributed by atoms with Crippen LogP contribution in [0, 0.1) is 5.92 Å². The highest BCUT2D eigenvalue weighted by Gasteiger charge is 2.25. The van der Waals surface area contributed by atoms with Gasteiger partial charge in [-0.15, -0.1) is 0 Å². The van der Waals surface area contributed by atoms with Crippen LogP contribution in [-0.4, -0.2) is 60.0 Å². The van der Waals surface area contributed by atoms with Gasteiger partial charge in [-0.1, -0.05) is 0 Å². The Labute approximate surface area is 89.7 Å². The van der Waals surface area contributed by atoms with Crippen LogP contribution in [0.3, 0.4) is 0 Å². The maximum absolute atomic E-state index is 11.1. The molecule has 1 N–H and O–H groups in total. The number of hydrogen-bond acceptors (Lipinski definition) is 3. The minimum absolute atomic E-state index is 0.0660. The highest BCUT2D eigenvalue weighted by molar-refractivity contribution is 5.73. The van der Waals surface area contributed by atoms with Gasteiger partial charge in [-0.2, -0.15) is 0 Å². The molecule has 1 saturated heterocycles. The predicted molar refractivity (Wildman–Crippen MR) is 55.5 cm³/mol. The fraction of sp³-hybridized carbons (Fsp3) is 0.800. The molecule has 86 valence electrons. The molecule has 0 aromatic rings. The van der Waals surface area contributed by atoms with Crippen LogP contribution in [0.1, 0.15) is 13.3 Å². The molecule has 0 unspecified atom stereocenters. The van der Waals surface area contributed by atoms with E-state index in [-0.39, 0.29) is 12.5 Å². The Morgan fingerprint density at radius 1 is 1.53 bits per heavy atom. The molecule has 0 saturated carbocycles. The van der Waals surface area contributed by atoms with Gasteiger partial charge in [0.25, 0.3) is 0 Å². The lowest BCUT2D eigenvalue weighted by Gasteiger charge is -2.19. The SMILES string of the molecule is CC(=O)N1CC[C@@H](CN(C)CC(=O)O)C1. The van der Waals surface area contributed by atoms with Gasteiger partial charge in [0.15, 0.2) is 0 Å². The van der Waals surface area contributed by atoms with Crippen LogP contribution in [0.15, 0.2) is 0 Å². The van der Waals surface area contributed by atoms with Gasteiger partial charge in [0.1, 0.15) is 0 Å². The summed E-state index contributed by atoms with van der Waals surface area (Å²) in [6.45, 7) is 3.95. The van der Waals surface area contributed by atoms with E-state index in [1.54, 1.807) is 18.9 Å². The number of carboxylic acid groups (broad SMARTS) is 1. The van der Waals surface area contributed by atoms with Crippen molar-refractivity contribution in [3.05, 3.63) is 0 Å². The lowest BCUT2D eigenvalue weighted by molar-refractivity contribution is -0.138. The first-order chi connectivity index (χ1) is 6.99. The Kier molecular flexibility index (Phi) is 4.08. The molecule has 1 aliphatic heterocycles. The third-order valence-electron chi connectivity index (χ3n) is 2.71. The van der Waals surface area contributed by atoms with Gasteiger partial charge in [-0.05, 0) is 19.4 Å². The van der Waals surface area contributed by atoms with Crippen molar-refractivity contribution in [2.75, 3.05) is 33.2 Å². The summed E-state index contributed by atoms with van der Waals surface area (Å²) in [4.78, 5) is 25.1. The van der Waals surface area contributed by atoms with Crippen molar-refractivity contribution in [2.45, 2.75) is 13.3 Å². The monoisotopic (exact) mass is 214 g/mol. The fourth-order valence-electron chi connectivity index (χ4n) is 2.00. The maximum atomic E-state index is 11.1. The van der Waals surface area contributed by atoms with Crippen molar-refractivity contribution in [3.8, 4) is 0 Å². The number of likely N-dealkylation sites (tertiary alicyclic amines) is 1. The highest BCUT2D eigenvalue weighted by Crippen LogP contribution is 2.16. The Bertz CT molecular complexity index is 255. The second-order valence-corrected chi connectivity index (χ2v) is 4.21. The van der Waals surface area contributed by atoms with E-state index in [0.717, 1.165) is 26.1 Å². The maximum Gasteiger partial charge on any atom is 0.317 e. The van der Waals surface area contributed by atoms with Crippen LogP contribution in [0.5, 0.6) is 0 Å². The molecule has 0 bridgehead atoms. The van der Waals surface area contributed by atoms with Crippen molar-refractivity contribution >= 4 is 11.9 Å². The molecule has 5 nitrogen and oxygen atoms in total. The number of rotatable bonds is 4. The van der Waals surface area contributed by atoms with Crippen molar-refractivity contribution in [1.29, 1.82) is 0 Å². The highest BCUT2D eigenvalue weighted by atomic mass is 16.4. The van der Waals surface area contributed by atoms with Gasteiger partial charge in [-0.3, -0.25) is 14.5 Å². The Morgan fingerprint density at radius 2 is 2.20 bits per heavy atom. The summed E-state index contributed by atoms with van der Waals surface area (Å²) < 4.78 is 0. The van der Waals surface area contributed by atoms with E-state index < -0.39 is 5.97 Å². The molecule has 1 atom stereocenters. The van der Waals surface area contributed by atoms with Crippen LogP contribution >= 0.6 is 0 Å². The smallest absolute Gasteiger partial charge is 0.317 e. The average Bonchev–Trinajstić information content (AvgIpc) is 2.50. The number of aliphatic carboxylic acids is 1. The van der Waals surface area contributed by atoms with Gasteiger partial charge < -0.3 is 10.0 Å². The Hall–Kier alpha value is -1.10. The van der Waals surface area contributed by atoms with E-state index in [1.165, 1.54) is 0 Å². The Morgan fingerprint density at radius 3 is 2.67 bits per heavy atom. The third kappa shape index (κ3) is 3.87. The van der Waals surface area contributed by atoms with Crippen LogP contribution in [0.25, 0.3) is 0 Å². The second-order valence-electron chi connectivity index (χ2n) is 4.21.